The van der Waals surface area contributed by atoms with E-state index < -0.39 is 17.7 Å². The Balaban J connectivity index is 2.67. The Kier molecular flexibility index (Phi) is 6.28. The molecule has 0 saturated heterocycles. The molecular formula is C20H18O8. The molecule has 0 saturated carbocycles. The quantitative estimate of drug-likeness (QED) is 0.422. The lowest BCUT2D eigenvalue weighted by atomic mass is 9.98. The van der Waals surface area contributed by atoms with Gasteiger partial charge >= 0.3 is 11.9 Å². The molecule has 146 valence electrons. The molecule has 2 rings (SSSR count). The number of phenolic OH excluding ortho intramolecular Hbond substituents is 2. The van der Waals surface area contributed by atoms with Crippen molar-refractivity contribution in [2.24, 2.45) is 0 Å². The number of carboxylic acid groups (broad SMARTS) is 2. The number of carboxylic acids is 2. The third-order valence-electron chi connectivity index (χ3n) is 3.77. The molecule has 0 atom stereocenters. The van der Waals surface area contributed by atoms with Crippen molar-refractivity contribution in [1.29, 1.82) is 0 Å². The molecule has 0 heterocycles. The smallest absolute Gasteiger partial charge is 0.336 e. The normalized spacial score (nSPS) is 11.4. The molecule has 28 heavy (non-hydrogen) atoms. The highest BCUT2D eigenvalue weighted by molar-refractivity contribution is 6.21. The van der Waals surface area contributed by atoms with Crippen LogP contribution in [0.4, 0.5) is 0 Å². The zero-order valence-electron chi connectivity index (χ0n) is 15.0. The molecule has 2 aromatic rings. The molecule has 0 aliphatic rings. The highest BCUT2D eigenvalue weighted by Gasteiger charge is 2.19. The van der Waals surface area contributed by atoms with Crippen molar-refractivity contribution >= 4 is 29.7 Å². The van der Waals surface area contributed by atoms with Crippen molar-refractivity contribution in [2.45, 2.75) is 0 Å². The molecule has 0 aliphatic carbocycles. The van der Waals surface area contributed by atoms with Gasteiger partial charge in [0.25, 0.3) is 0 Å². The Morgan fingerprint density at radius 3 is 2.14 bits per heavy atom. The fourth-order valence-corrected chi connectivity index (χ4v) is 2.46. The maximum Gasteiger partial charge on any atom is 0.336 e. The van der Waals surface area contributed by atoms with E-state index in [4.69, 9.17) is 14.6 Å². The van der Waals surface area contributed by atoms with Crippen molar-refractivity contribution < 1.29 is 39.5 Å². The second kappa shape index (κ2) is 8.63. The van der Waals surface area contributed by atoms with Crippen LogP contribution in [0.2, 0.25) is 0 Å². The van der Waals surface area contributed by atoms with Crippen LogP contribution in [-0.4, -0.2) is 46.6 Å². The first kappa shape index (κ1) is 20.4. The minimum absolute atomic E-state index is 0.0158. The highest BCUT2D eigenvalue weighted by Crippen LogP contribution is 2.37. The summed E-state index contributed by atoms with van der Waals surface area (Å²) in [4.78, 5) is 22.6. The summed E-state index contributed by atoms with van der Waals surface area (Å²) in [6, 6.07) is 6.96. The van der Waals surface area contributed by atoms with Gasteiger partial charge < -0.3 is 29.9 Å². The molecule has 0 fully saturated rings. The van der Waals surface area contributed by atoms with Crippen molar-refractivity contribution in [2.75, 3.05) is 14.2 Å². The molecule has 0 bridgehead atoms. The number of aromatic hydroxyl groups is 2. The van der Waals surface area contributed by atoms with E-state index in [1.807, 2.05) is 0 Å². The summed E-state index contributed by atoms with van der Waals surface area (Å²) in [5, 5.41) is 38.5. The molecular weight excluding hydrogens is 368 g/mol. The number of benzene rings is 2. The van der Waals surface area contributed by atoms with E-state index in [0.29, 0.717) is 11.1 Å². The van der Waals surface area contributed by atoms with Gasteiger partial charge in [-0.25, -0.2) is 9.59 Å². The van der Waals surface area contributed by atoms with Crippen LogP contribution in [0.15, 0.2) is 36.4 Å². The van der Waals surface area contributed by atoms with Crippen molar-refractivity contribution in [3.63, 3.8) is 0 Å². The molecule has 0 aliphatic heterocycles. The van der Waals surface area contributed by atoms with Gasteiger partial charge in [0.2, 0.25) is 0 Å². The summed E-state index contributed by atoms with van der Waals surface area (Å²) in [6.07, 6.45) is 3.41. The Labute approximate surface area is 160 Å². The number of hydrogen-bond acceptors (Lipinski definition) is 6. The number of carbonyl (C=O) groups is 2. The molecule has 8 nitrogen and oxygen atoms in total. The molecule has 0 spiro atoms. The van der Waals surface area contributed by atoms with Gasteiger partial charge in [0.05, 0.1) is 19.8 Å². The number of phenols is 2. The summed E-state index contributed by atoms with van der Waals surface area (Å²) in [5.74, 6) is -2.89. The van der Waals surface area contributed by atoms with E-state index in [9.17, 15) is 24.9 Å². The Morgan fingerprint density at radius 1 is 0.929 bits per heavy atom. The van der Waals surface area contributed by atoms with Crippen LogP contribution < -0.4 is 9.47 Å². The monoisotopic (exact) mass is 386 g/mol. The second-order valence-corrected chi connectivity index (χ2v) is 5.59. The summed E-state index contributed by atoms with van der Waals surface area (Å²) in [7, 11) is 2.65. The average Bonchev–Trinajstić information content (AvgIpc) is 2.66. The maximum absolute atomic E-state index is 11.8. The van der Waals surface area contributed by atoms with Crippen LogP contribution in [0.25, 0.3) is 17.7 Å². The zero-order valence-corrected chi connectivity index (χ0v) is 15.0. The van der Waals surface area contributed by atoms with Crippen LogP contribution in [0.3, 0.4) is 0 Å². The molecule has 0 radical (unpaired) electrons. The molecule has 0 unspecified atom stereocenters. The van der Waals surface area contributed by atoms with Crippen molar-refractivity contribution in [1.82, 2.24) is 0 Å². The zero-order chi connectivity index (χ0) is 20.8. The molecule has 2 aromatic carbocycles. The lowest BCUT2D eigenvalue weighted by Crippen LogP contribution is -2.02. The summed E-state index contributed by atoms with van der Waals surface area (Å²) < 4.78 is 10.1. The minimum Gasteiger partial charge on any atom is -0.504 e. The minimum atomic E-state index is -1.33. The lowest BCUT2D eigenvalue weighted by Gasteiger charge is -2.12. The Morgan fingerprint density at radius 2 is 1.57 bits per heavy atom. The fraction of sp³-hybridized carbons (Fsp3) is 0.100. The summed E-state index contributed by atoms with van der Waals surface area (Å²) >= 11 is 0. The SMILES string of the molecule is COc1cc(/C=C(\C(=O)O)c2cc(/C=C/C(=O)O)cc(OC)c2O)ccc1O. The van der Waals surface area contributed by atoms with Crippen LogP contribution in [0, 0.1) is 0 Å². The fourth-order valence-electron chi connectivity index (χ4n) is 2.46. The van der Waals surface area contributed by atoms with E-state index in [1.165, 1.54) is 56.7 Å². The van der Waals surface area contributed by atoms with Crippen LogP contribution >= 0.6 is 0 Å². The van der Waals surface area contributed by atoms with Crippen LogP contribution in [-0.2, 0) is 9.59 Å². The van der Waals surface area contributed by atoms with Gasteiger partial charge in [-0.15, -0.1) is 0 Å². The predicted molar refractivity (Wildman–Crippen MR) is 101 cm³/mol. The van der Waals surface area contributed by atoms with E-state index in [1.54, 1.807) is 0 Å². The van der Waals surface area contributed by atoms with E-state index in [0.717, 1.165) is 6.08 Å². The van der Waals surface area contributed by atoms with E-state index >= 15 is 0 Å². The van der Waals surface area contributed by atoms with Gasteiger partial charge in [-0.1, -0.05) is 6.07 Å². The predicted octanol–water partition coefficient (Wildman–Crippen LogP) is 2.84. The van der Waals surface area contributed by atoms with Crippen LogP contribution in [0.1, 0.15) is 16.7 Å². The number of ether oxygens (including phenoxy) is 2. The Hall–Kier alpha value is -3.94. The second-order valence-electron chi connectivity index (χ2n) is 5.59. The van der Waals surface area contributed by atoms with Gasteiger partial charge in [0.15, 0.2) is 23.0 Å². The van der Waals surface area contributed by atoms with Gasteiger partial charge in [-0.3, -0.25) is 0 Å². The van der Waals surface area contributed by atoms with Crippen molar-refractivity contribution in [3.05, 3.63) is 53.1 Å². The third-order valence-corrected chi connectivity index (χ3v) is 3.77. The Bertz CT molecular complexity index is 972. The third kappa shape index (κ3) is 4.61. The first-order valence-corrected chi connectivity index (χ1v) is 7.91. The topological polar surface area (TPSA) is 134 Å². The first-order valence-electron chi connectivity index (χ1n) is 7.91. The standard InChI is InChI=1S/C20H18O8/c1-27-16-9-11(3-5-15(16)21)8-14(20(25)26)13-7-12(4-6-18(22)23)10-17(28-2)19(13)24/h3-10,21,24H,1-2H3,(H,22,23)(H,25,26)/b6-4+,14-8-. The van der Waals surface area contributed by atoms with E-state index in [-0.39, 0.29) is 28.4 Å². The van der Waals surface area contributed by atoms with Gasteiger partial charge in [-0.05, 0) is 47.5 Å². The van der Waals surface area contributed by atoms with Crippen LogP contribution in [0.5, 0.6) is 23.0 Å². The first-order chi connectivity index (χ1) is 13.3. The average molecular weight is 386 g/mol. The number of rotatable bonds is 7. The largest absolute Gasteiger partial charge is 0.504 e. The molecule has 8 heteroatoms. The number of methoxy groups -OCH3 is 2. The molecule has 0 amide bonds. The van der Waals surface area contributed by atoms with Gasteiger partial charge in [0.1, 0.15) is 0 Å². The molecule has 4 N–H and O–H groups in total. The molecule has 0 aromatic heterocycles. The van der Waals surface area contributed by atoms with Crippen molar-refractivity contribution in [3.8, 4) is 23.0 Å². The summed E-state index contributed by atoms with van der Waals surface area (Å²) in [5.41, 5.74) is 0.387. The van der Waals surface area contributed by atoms with Gasteiger partial charge in [0, 0.05) is 11.6 Å². The van der Waals surface area contributed by atoms with Gasteiger partial charge in [-0.2, -0.15) is 0 Å². The number of aliphatic carboxylic acids is 2. The van der Waals surface area contributed by atoms with E-state index in [2.05, 4.69) is 0 Å². The summed E-state index contributed by atoms with van der Waals surface area (Å²) in [6.45, 7) is 0. The highest BCUT2D eigenvalue weighted by atomic mass is 16.5. The lowest BCUT2D eigenvalue weighted by molar-refractivity contribution is -0.131. The maximum atomic E-state index is 11.8. The number of hydrogen-bond donors (Lipinski definition) is 4.